The lowest BCUT2D eigenvalue weighted by Crippen LogP contribution is -2.30. The number of aliphatic hydroxyl groups is 1. The largest absolute Gasteiger partial charge is 0.396 e. The van der Waals surface area contributed by atoms with Crippen molar-refractivity contribution < 1.29 is 5.11 Å². The fourth-order valence-electron chi connectivity index (χ4n) is 2.12. The molecule has 1 aromatic rings. The highest BCUT2D eigenvalue weighted by Gasteiger charge is 2.24. The number of hydrogen-bond acceptors (Lipinski definition) is 3. The van der Waals surface area contributed by atoms with Crippen LogP contribution >= 0.6 is 15.9 Å². The van der Waals surface area contributed by atoms with Crippen molar-refractivity contribution in [3.8, 4) is 0 Å². The Balaban J connectivity index is 2.11. The zero-order chi connectivity index (χ0) is 10.7. The van der Waals surface area contributed by atoms with Crippen LogP contribution in [0, 0.1) is 0 Å². The summed E-state index contributed by atoms with van der Waals surface area (Å²) in [5.41, 5.74) is 0. The van der Waals surface area contributed by atoms with Gasteiger partial charge in [0.1, 0.15) is 5.82 Å². The molecule has 2 rings (SSSR count). The molecule has 1 N–H and O–H groups in total. The maximum atomic E-state index is 8.98. The van der Waals surface area contributed by atoms with Crippen LogP contribution in [0.1, 0.15) is 19.3 Å². The van der Waals surface area contributed by atoms with Gasteiger partial charge in [-0.1, -0.05) is 0 Å². The van der Waals surface area contributed by atoms with Gasteiger partial charge in [0.05, 0.1) is 0 Å². The topological polar surface area (TPSA) is 36.4 Å². The molecular formula is C11H15BrN2O. The monoisotopic (exact) mass is 270 g/mol. The second-order valence-corrected chi connectivity index (χ2v) is 4.75. The third-order valence-electron chi connectivity index (χ3n) is 2.85. The second kappa shape index (κ2) is 4.94. The Morgan fingerprint density at radius 3 is 3.07 bits per heavy atom. The molecular weight excluding hydrogens is 256 g/mol. The quantitative estimate of drug-likeness (QED) is 0.915. The number of rotatable bonds is 3. The van der Waals surface area contributed by atoms with Crippen LogP contribution < -0.4 is 4.90 Å². The Hall–Kier alpha value is -0.610. The van der Waals surface area contributed by atoms with Crippen molar-refractivity contribution in [3.05, 3.63) is 22.8 Å². The first-order chi connectivity index (χ1) is 7.31. The van der Waals surface area contributed by atoms with Gasteiger partial charge in [0.15, 0.2) is 0 Å². The van der Waals surface area contributed by atoms with Crippen LogP contribution in [0.5, 0.6) is 0 Å². The summed E-state index contributed by atoms with van der Waals surface area (Å²) in [4.78, 5) is 6.68. The molecule has 0 spiro atoms. The summed E-state index contributed by atoms with van der Waals surface area (Å²) in [5, 5.41) is 8.98. The van der Waals surface area contributed by atoms with Gasteiger partial charge < -0.3 is 10.0 Å². The van der Waals surface area contributed by atoms with Gasteiger partial charge in [0.2, 0.25) is 0 Å². The minimum Gasteiger partial charge on any atom is -0.396 e. The average molecular weight is 271 g/mol. The van der Waals surface area contributed by atoms with E-state index in [0.717, 1.165) is 29.7 Å². The van der Waals surface area contributed by atoms with Gasteiger partial charge in [-0.15, -0.1) is 0 Å². The first-order valence-electron chi connectivity index (χ1n) is 5.30. The molecule has 1 aromatic heterocycles. The lowest BCUT2D eigenvalue weighted by Gasteiger charge is -2.25. The van der Waals surface area contributed by atoms with Crippen LogP contribution in [-0.2, 0) is 0 Å². The van der Waals surface area contributed by atoms with Crippen LogP contribution in [0.2, 0.25) is 0 Å². The summed E-state index contributed by atoms with van der Waals surface area (Å²) < 4.78 is 1.00. The van der Waals surface area contributed by atoms with E-state index in [-0.39, 0.29) is 6.61 Å². The van der Waals surface area contributed by atoms with E-state index in [1.807, 2.05) is 18.3 Å². The zero-order valence-corrected chi connectivity index (χ0v) is 10.2. The fourth-order valence-corrected chi connectivity index (χ4v) is 2.36. The van der Waals surface area contributed by atoms with Crippen LogP contribution in [0.15, 0.2) is 22.8 Å². The van der Waals surface area contributed by atoms with E-state index < -0.39 is 0 Å². The lowest BCUT2D eigenvalue weighted by atomic mass is 10.1. The molecule has 0 aromatic carbocycles. The van der Waals surface area contributed by atoms with Gasteiger partial charge in [-0.05, 0) is 47.3 Å². The third-order valence-corrected chi connectivity index (χ3v) is 3.31. The average Bonchev–Trinajstić information content (AvgIpc) is 2.68. The van der Waals surface area contributed by atoms with Crippen LogP contribution in [0.3, 0.4) is 0 Å². The summed E-state index contributed by atoms with van der Waals surface area (Å²) in [7, 11) is 0. The molecule has 15 heavy (non-hydrogen) atoms. The van der Waals surface area contributed by atoms with Crippen LogP contribution in [-0.4, -0.2) is 29.3 Å². The second-order valence-electron chi connectivity index (χ2n) is 3.84. The molecule has 82 valence electrons. The molecule has 2 heterocycles. The highest BCUT2D eigenvalue weighted by molar-refractivity contribution is 9.10. The molecule has 1 unspecified atom stereocenters. The van der Waals surface area contributed by atoms with E-state index >= 15 is 0 Å². The van der Waals surface area contributed by atoms with Crippen LogP contribution in [0.25, 0.3) is 0 Å². The number of hydrogen-bond donors (Lipinski definition) is 1. The van der Waals surface area contributed by atoms with Gasteiger partial charge in [-0.3, -0.25) is 0 Å². The number of aromatic nitrogens is 1. The number of halogens is 1. The normalized spacial score (nSPS) is 20.9. The highest BCUT2D eigenvalue weighted by Crippen LogP contribution is 2.26. The first kappa shape index (κ1) is 10.9. The molecule has 0 bridgehead atoms. The van der Waals surface area contributed by atoms with Crippen LogP contribution in [0.4, 0.5) is 5.82 Å². The molecule has 0 amide bonds. The van der Waals surface area contributed by atoms with E-state index in [2.05, 4.69) is 25.8 Å². The molecule has 1 aliphatic heterocycles. The zero-order valence-electron chi connectivity index (χ0n) is 8.56. The van der Waals surface area contributed by atoms with Gasteiger partial charge in [0.25, 0.3) is 0 Å². The smallest absolute Gasteiger partial charge is 0.128 e. The van der Waals surface area contributed by atoms with Crippen molar-refractivity contribution in [3.63, 3.8) is 0 Å². The molecule has 0 saturated carbocycles. The Morgan fingerprint density at radius 2 is 2.40 bits per heavy atom. The minimum absolute atomic E-state index is 0.262. The van der Waals surface area contributed by atoms with Gasteiger partial charge >= 0.3 is 0 Å². The van der Waals surface area contributed by atoms with E-state index in [9.17, 15) is 0 Å². The van der Waals surface area contributed by atoms with Gasteiger partial charge in [0, 0.05) is 29.9 Å². The Labute approximate surface area is 98.3 Å². The van der Waals surface area contributed by atoms with Crippen molar-refractivity contribution in [2.24, 2.45) is 0 Å². The predicted octanol–water partition coefficient (Wildman–Crippen LogP) is 2.20. The Morgan fingerprint density at radius 1 is 1.53 bits per heavy atom. The van der Waals surface area contributed by atoms with E-state index in [1.54, 1.807) is 0 Å². The van der Waals surface area contributed by atoms with Gasteiger partial charge in [-0.25, -0.2) is 4.98 Å². The third kappa shape index (κ3) is 2.49. The number of aliphatic hydroxyl groups excluding tert-OH is 1. The Bertz CT molecular complexity index is 315. The van der Waals surface area contributed by atoms with E-state index in [1.165, 1.54) is 6.42 Å². The van der Waals surface area contributed by atoms with Crippen molar-refractivity contribution in [1.82, 2.24) is 4.98 Å². The molecule has 1 fully saturated rings. The van der Waals surface area contributed by atoms with E-state index in [0.29, 0.717) is 6.04 Å². The van der Waals surface area contributed by atoms with Crippen molar-refractivity contribution in [2.45, 2.75) is 25.3 Å². The number of anilines is 1. The summed E-state index contributed by atoms with van der Waals surface area (Å²) in [6.07, 6.45) is 5.03. The molecule has 1 saturated heterocycles. The summed E-state index contributed by atoms with van der Waals surface area (Å²) in [6, 6.07) is 4.50. The van der Waals surface area contributed by atoms with Crippen molar-refractivity contribution in [1.29, 1.82) is 0 Å². The highest BCUT2D eigenvalue weighted by atomic mass is 79.9. The van der Waals surface area contributed by atoms with Crippen molar-refractivity contribution in [2.75, 3.05) is 18.1 Å². The van der Waals surface area contributed by atoms with E-state index in [4.69, 9.17) is 5.11 Å². The molecule has 1 atom stereocenters. The summed E-state index contributed by atoms with van der Waals surface area (Å²) in [5.74, 6) is 1.02. The molecule has 3 nitrogen and oxygen atoms in total. The predicted molar refractivity (Wildman–Crippen MR) is 64.0 cm³/mol. The number of pyridine rings is 1. The Kier molecular flexibility index (Phi) is 3.59. The molecule has 0 radical (unpaired) electrons. The SMILES string of the molecule is OCCC1CCCN1c1ccc(Br)cn1. The molecule has 1 aliphatic rings. The summed E-state index contributed by atoms with van der Waals surface area (Å²) >= 11 is 3.38. The molecule has 4 heteroatoms. The molecule has 0 aliphatic carbocycles. The summed E-state index contributed by atoms with van der Waals surface area (Å²) in [6.45, 7) is 1.32. The fraction of sp³-hybridized carbons (Fsp3) is 0.545. The maximum Gasteiger partial charge on any atom is 0.128 e. The maximum absolute atomic E-state index is 8.98. The number of nitrogens with zero attached hydrogens (tertiary/aromatic N) is 2. The van der Waals surface area contributed by atoms with Gasteiger partial charge in [-0.2, -0.15) is 0 Å². The lowest BCUT2D eigenvalue weighted by molar-refractivity contribution is 0.275. The standard InChI is InChI=1S/C11H15BrN2O/c12-9-3-4-11(13-8-9)14-6-1-2-10(14)5-7-15/h3-4,8,10,15H,1-2,5-7H2. The van der Waals surface area contributed by atoms with Crippen molar-refractivity contribution >= 4 is 21.7 Å². The first-order valence-corrected chi connectivity index (χ1v) is 6.09. The minimum atomic E-state index is 0.262.